The van der Waals surface area contributed by atoms with Crippen molar-refractivity contribution >= 4 is 23.4 Å². The summed E-state index contributed by atoms with van der Waals surface area (Å²) in [6.07, 6.45) is 0. The van der Waals surface area contributed by atoms with Crippen LogP contribution in [0.3, 0.4) is 0 Å². The lowest BCUT2D eigenvalue weighted by Gasteiger charge is -2.06. The Balaban J connectivity index is 2.05. The van der Waals surface area contributed by atoms with E-state index >= 15 is 0 Å². The molecule has 0 atom stereocenters. The molecule has 0 radical (unpaired) electrons. The zero-order chi connectivity index (χ0) is 14.5. The highest BCUT2D eigenvalue weighted by atomic mass is 32.2. The van der Waals surface area contributed by atoms with E-state index in [-0.39, 0.29) is 5.76 Å². The van der Waals surface area contributed by atoms with E-state index in [0.717, 1.165) is 10.6 Å². The van der Waals surface area contributed by atoms with Crippen molar-refractivity contribution in [3.63, 3.8) is 0 Å². The smallest absolute Gasteiger partial charge is 0.300 e. The normalized spacial score (nSPS) is 10.3. The molecule has 2 rings (SSSR count). The highest BCUT2D eigenvalue weighted by Crippen LogP contribution is 2.31. The van der Waals surface area contributed by atoms with E-state index < -0.39 is 5.91 Å². The van der Waals surface area contributed by atoms with Crippen molar-refractivity contribution in [3.8, 4) is 5.75 Å². The number of methoxy groups -OCH3 is 1. The van der Waals surface area contributed by atoms with Crippen molar-refractivity contribution < 1.29 is 13.9 Å². The molecule has 20 heavy (non-hydrogen) atoms. The standard InChI is InChI=1S/C13H15N3O3S/c1-18-8-2-4-10(14)12(6-8)20-7-9-3-5-11(19-9)13(17)16-15/h2-6H,7,14-15H2,1H3,(H,16,17). The van der Waals surface area contributed by atoms with Crippen molar-refractivity contribution in [2.45, 2.75) is 10.6 Å². The number of nitrogens with one attached hydrogen (secondary N) is 1. The molecule has 7 heteroatoms. The maximum absolute atomic E-state index is 11.3. The van der Waals surface area contributed by atoms with Crippen LogP contribution in [0.5, 0.6) is 5.75 Å². The third-order valence-electron chi connectivity index (χ3n) is 2.61. The first kappa shape index (κ1) is 14.3. The molecule has 0 aliphatic heterocycles. The second-order valence-corrected chi connectivity index (χ2v) is 4.95. The largest absolute Gasteiger partial charge is 0.497 e. The number of nitrogens with two attached hydrogens (primary N) is 2. The highest BCUT2D eigenvalue weighted by molar-refractivity contribution is 7.98. The van der Waals surface area contributed by atoms with Crippen molar-refractivity contribution in [1.29, 1.82) is 0 Å². The average Bonchev–Trinajstić information content (AvgIpc) is 2.94. The van der Waals surface area contributed by atoms with Crippen LogP contribution in [0.4, 0.5) is 5.69 Å². The fraction of sp³-hybridized carbons (Fsp3) is 0.154. The summed E-state index contributed by atoms with van der Waals surface area (Å²) in [7, 11) is 1.60. The first-order chi connectivity index (χ1) is 9.63. The zero-order valence-corrected chi connectivity index (χ0v) is 11.7. The van der Waals surface area contributed by atoms with Crippen LogP contribution in [0.25, 0.3) is 0 Å². The molecule has 1 amide bonds. The minimum absolute atomic E-state index is 0.182. The Hall–Kier alpha value is -2.12. The summed E-state index contributed by atoms with van der Waals surface area (Å²) in [4.78, 5) is 12.2. The van der Waals surface area contributed by atoms with E-state index in [4.69, 9.17) is 20.7 Å². The topological polar surface area (TPSA) is 104 Å². The Morgan fingerprint density at radius 3 is 2.90 bits per heavy atom. The molecule has 106 valence electrons. The number of hydrazine groups is 1. The van der Waals surface area contributed by atoms with Gasteiger partial charge in [0, 0.05) is 10.6 Å². The van der Waals surface area contributed by atoms with E-state index in [1.54, 1.807) is 31.4 Å². The molecule has 0 unspecified atom stereocenters. The molecule has 1 heterocycles. The van der Waals surface area contributed by atoms with Gasteiger partial charge in [0.05, 0.1) is 12.9 Å². The number of carbonyl (C=O) groups excluding carboxylic acids is 1. The van der Waals surface area contributed by atoms with E-state index in [0.29, 0.717) is 17.2 Å². The van der Waals surface area contributed by atoms with Crippen LogP contribution >= 0.6 is 11.8 Å². The van der Waals surface area contributed by atoms with Crippen LogP contribution in [0, 0.1) is 0 Å². The molecule has 2 aromatic rings. The molecular weight excluding hydrogens is 278 g/mol. The quantitative estimate of drug-likeness (QED) is 0.255. The fourth-order valence-electron chi connectivity index (χ4n) is 1.56. The van der Waals surface area contributed by atoms with E-state index in [9.17, 15) is 4.79 Å². The highest BCUT2D eigenvalue weighted by Gasteiger charge is 2.10. The predicted octanol–water partition coefficient (Wildman–Crippen LogP) is 1.77. The van der Waals surface area contributed by atoms with Crippen molar-refractivity contribution in [1.82, 2.24) is 5.43 Å². The lowest BCUT2D eigenvalue weighted by molar-refractivity contribution is 0.0924. The monoisotopic (exact) mass is 293 g/mol. The van der Waals surface area contributed by atoms with Gasteiger partial charge in [-0.3, -0.25) is 10.2 Å². The Bertz CT molecular complexity index is 613. The number of hydrogen-bond donors (Lipinski definition) is 3. The Labute approximate surface area is 120 Å². The van der Waals surface area contributed by atoms with Gasteiger partial charge in [-0.25, -0.2) is 5.84 Å². The average molecular weight is 293 g/mol. The third kappa shape index (κ3) is 3.25. The molecule has 0 fully saturated rings. The second kappa shape index (κ2) is 6.36. The van der Waals surface area contributed by atoms with Crippen molar-refractivity contribution in [2.24, 2.45) is 5.84 Å². The van der Waals surface area contributed by atoms with Gasteiger partial charge in [-0.1, -0.05) is 0 Å². The van der Waals surface area contributed by atoms with Gasteiger partial charge in [-0.15, -0.1) is 11.8 Å². The summed E-state index contributed by atoms with van der Waals surface area (Å²) in [5.41, 5.74) is 8.58. The molecule has 1 aromatic heterocycles. The van der Waals surface area contributed by atoms with Gasteiger partial charge < -0.3 is 14.9 Å². The molecule has 6 nitrogen and oxygen atoms in total. The van der Waals surface area contributed by atoms with Crippen LogP contribution in [0.1, 0.15) is 16.3 Å². The predicted molar refractivity (Wildman–Crippen MR) is 77.3 cm³/mol. The van der Waals surface area contributed by atoms with Crippen LogP contribution < -0.4 is 21.7 Å². The van der Waals surface area contributed by atoms with Gasteiger partial charge in [0.25, 0.3) is 0 Å². The molecule has 0 saturated carbocycles. The number of thioether (sulfide) groups is 1. The number of rotatable bonds is 5. The van der Waals surface area contributed by atoms with Crippen LogP contribution in [-0.2, 0) is 5.75 Å². The van der Waals surface area contributed by atoms with Gasteiger partial charge in [0.1, 0.15) is 11.5 Å². The summed E-state index contributed by atoms with van der Waals surface area (Å²) in [5.74, 6) is 6.71. The number of anilines is 1. The summed E-state index contributed by atoms with van der Waals surface area (Å²) in [6.45, 7) is 0. The van der Waals surface area contributed by atoms with Crippen molar-refractivity contribution in [3.05, 3.63) is 41.9 Å². The number of carbonyl (C=O) groups is 1. The molecular formula is C13H15N3O3S. The third-order valence-corrected chi connectivity index (χ3v) is 3.70. The molecule has 0 aliphatic carbocycles. The molecule has 0 aliphatic rings. The number of amides is 1. The summed E-state index contributed by atoms with van der Waals surface area (Å²) >= 11 is 1.50. The lowest BCUT2D eigenvalue weighted by atomic mass is 10.3. The fourth-order valence-corrected chi connectivity index (χ4v) is 2.45. The molecule has 1 aromatic carbocycles. The van der Waals surface area contributed by atoms with Crippen LogP contribution in [0.2, 0.25) is 0 Å². The molecule has 0 spiro atoms. The summed E-state index contributed by atoms with van der Waals surface area (Å²) < 4.78 is 10.5. The summed E-state index contributed by atoms with van der Waals surface area (Å²) in [5, 5.41) is 0. The maximum Gasteiger partial charge on any atom is 0.300 e. The number of benzene rings is 1. The number of nitrogen functional groups attached to an aromatic ring is 2. The minimum atomic E-state index is -0.456. The molecule has 0 saturated heterocycles. The van der Waals surface area contributed by atoms with Crippen LogP contribution in [-0.4, -0.2) is 13.0 Å². The Morgan fingerprint density at radius 2 is 2.20 bits per heavy atom. The zero-order valence-electron chi connectivity index (χ0n) is 10.9. The second-order valence-electron chi connectivity index (χ2n) is 3.93. The SMILES string of the molecule is COc1ccc(N)c(SCc2ccc(C(=O)NN)o2)c1. The lowest BCUT2D eigenvalue weighted by Crippen LogP contribution is -2.29. The molecule has 0 bridgehead atoms. The number of ether oxygens (including phenoxy) is 1. The first-order valence-corrected chi connectivity index (χ1v) is 6.78. The van der Waals surface area contributed by atoms with Gasteiger partial charge in [0.15, 0.2) is 5.76 Å². The van der Waals surface area contributed by atoms with E-state index in [1.165, 1.54) is 11.8 Å². The minimum Gasteiger partial charge on any atom is -0.497 e. The number of hydrogen-bond acceptors (Lipinski definition) is 6. The molecule has 5 N–H and O–H groups in total. The van der Waals surface area contributed by atoms with E-state index in [2.05, 4.69) is 0 Å². The first-order valence-electron chi connectivity index (χ1n) is 5.80. The van der Waals surface area contributed by atoms with Gasteiger partial charge in [-0.2, -0.15) is 0 Å². The van der Waals surface area contributed by atoms with Gasteiger partial charge in [-0.05, 0) is 30.3 Å². The van der Waals surface area contributed by atoms with Crippen molar-refractivity contribution in [2.75, 3.05) is 12.8 Å². The van der Waals surface area contributed by atoms with Crippen LogP contribution in [0.15, 0.2) is 39.6 Å². The van der Waals surface area contributed by atoms with Gasteiger partial charge >= 0.3 is 5.91 Å². The maximum atomic E-state index is 11.3. The number of furan rings is 1. The summed E-state index contributed by atoms with van der Waals surface area (Å²) in [6, 6.07) is 8.75. The Kier molecular flexibility index (Phi) is 4.54. The van der Waals surface area contributed by atoms with E-state index in [1.807, 2.05) is 11.5 Å². The Morgan fingerprint density at radius 1 is 1.40 bits per heavy atom. The van der Waals surface area contributed by atoms with Gasteiger partial charge in [0.2, 0.25) is 0 Å².